The van der Waals surface area contributed by atoms with Crippen molar-refractivity contribution in [1.82, 2.24) is 25.9 Å². The Hall–Kier alpha value is -3.11. The Morgan fingerprint density at radius 1 is 1.09 bits per heavy atom. The summed E-state index contributed by atoms with van der Waals surface area (Å²) in [5.41, 5.74) is 3.34. The van der Waals surface area contributed by atoms with Gasteiger partial charge in [-0.3, -0.25) is 9.59 Å². The average molecular weight is 642 g/mol. The third-order valence-corrected chi connectivity index (χ3v) is 8.64. The van der Waals surface area contributed by atoms with E-state index in [1.54, 1.807) is 6.20 Å². The van der Waals surface area contributed by atoms with Crippen molar-refractivity contribution in [1.29, 1.82) is 0 Å². The lowest BCUT2D eigenvalue weighted by atomic mass is 9.84. The minimum absolute atomic E-state index is 0.000431. The molecule has 1 aromatic carbocycles. The molecule has 10 nitrogen and oxygen atoms in total. The Labute approximate surface area is 273 Å². The zero-order valence-electron chi connectivity index (χ0n) is 27.8. The second-order valence-electron chi connectivity index (χ2n) is 13.2. The molecule has 4 rings (SSSR count). The van der Waals surface area contributed by atoms with Crippen LogP contribution in [0.3, 0.4) is 0 Å². The number of amides is 2. The molecular weight excluding hydrogens is 590 g/mol. The fourth-order valence-corrected chi connectivity index (χ4v) is 6.73. The molecule has 248 valence electrons. The van der Waals surface area contributed by atoms with Crippen LogP contribution in [-0.4, -0.2) is 66.7 Å². The van der Waals surface area contributed by atoms with Crippen molar-refractivity contribution < 1.29 is 14.3 Å². The number of anilines is 3. The van der Waals surface area contributed by atoms with Gasteiger partial charge in [0.15, 0.2) is 5.82 Å². The zero-order valence-corrected chi connectivity index (χ0v) is 28.6. The number of ether oxygens (including phenoxy) is 1. The molecule has 1 aromatic heterocycles. The van der Waals surface area contributed by atoms with Gasteiger partial charge in [0.05, 0.1) is 18.0 Å². The smallest absolute Gasteiger partial charge is 0.229 e. The number of piperidine rings is 2. The average Bonchev–Trinajstić information content (AvgIpc) is 2.98. The number of aryl methyl sites for hydroxylation is 1. The number of benzene rings is 1. The maximum Gasteiger partial charge on any atom is 0.229 e. The molecule has 0 unspecified atom stereocenters. The first-order valence-electron chi connectivity index (χ1n) is 16.6. The van der Waals surface area contributed by atoms with Crippen molar-refractivity contribution in [3.8, 4) is 5.75 Å². The first-order chi connectivity index (χ1) is 21.5. The van der Waals surface area contributed by atoms with Gasteiger partial charge in [-0.15, -0.1) is 0 Å². The lowest BCUT2D eigenvalue weighted by Crippen LogP contribution is -2.44. The Morgan fingerprint density at radius 2 is 1.78 bits per heavy atom. The summed E-state index contributed by atoms with van der Waals surface area (Å²) in [5, 5.41) is 13.3. The topological polar surface area (TPSA) is 121 Å². The first kappa shape index (κ1) is 34.8. The summed E-state index contributed by atoms with van der Waals surface area (Å²) < 4.78 is 6.29. The number of nitrogens with one attached hydrogen (secondary N) is 4. The maximum absolute atomic E-state index is 12.7. The van der Waals surface area contributed by atoms with Gasteiger partial charge in [-0.25, -0.2) is 4.98 Å². The van der Waals surface area contributed by atoms with Gasteiger partial charge in [0.25, 0.3) is 0 Å². The summed E-state index contributed by atoms with van der Waals surface area (Å²) in [7, 11) is 0. The monoisotopic (exact) mass is 641 g/mol. The van der Waals surface area contributed by atoms with Crippen LogP contribution in [0, 0.1) is 18.8 Å². The molecule has 45 heavy (non-hydrogen) atoms. The third-order valence-electron chi connectivity index (χ3n) is 8.38. The summed E-state index contributed by atoms with van der Waals surface area (Å²) in [6.45, 7) is 16.1. The quantitative estimate of drug-likeness (QED) is 0.220. The minimum atomic E-state index is 0.000431. The van der Waals surface area contributed by atoms with Crippen LogP contribution in [0.5, 0.6) is 5.75 Å². The van der Waals surface area contributed by atoms with Crippen LogP contribution in [0.4, 0.5) is 17.5 Å². The van der Waals surface area contributed by atoms with Crippen LogP contribution in [0.25, 0.3) is 0 Å². The summed E-state index contributed by atoms with van der Waals surface area (Å²) in [6, 6.07) is 4.37. The molecule has 4 N–H and O–H groups in total. The lowest BCUT2D eigenvalue weighted by molar-refractivity contribution is -0.122. The second kappa shape index (κ2) is 16.5. The molecule has 2 aromatic rings. The highest BCUT2D eigenvalue weighted by molar-refractivity contribution is 6.32. The van der Waals surface area contributed by atoms with Gasteiger partial charge in [0, 0.05) is 38.5 Å². The molecule has 0 radical (unpaired) electrons. The highest BCUT2D eigenvalue weighted by Crippen LogP contribution is 2.38. The number of nitrogens with zero attached hydrogens (tertiary/aromatic N) is 3. The van der Waals surface area contributed by atoms with Crippen LogP contribution in [-0.2, 0) is 9.59 Å². The highest BCUT2D eigenvalue weighted by Gasteiger charge is 2.32. The van der Waals surface area contributed by atoms with E-state index in [9.17, 15) is 9.59 Å². The van der Waals surface area contributed by atoms with Gasteiger partial charge in [-0.05, 0) is 114 Å². The van der Waals surface area contributed by atoms with Gasteiger partial charge in [0.2, 0.25) is 17.8 Å². The number of carbonyl (C=O) groups is 2. The molecule has 2 amide bonds. The van der Waals surface area contributed by atoms with E-state index in [1.807, 2.05) is 34.6 Å². The number of carbonyl (C=O) groups excluding carboxylic acids is 2. The van der Waals surface area contributed by atoms with Crippen LogP contribution in [0.1, 0.15) is 90.2 Å². The van der Waals surface area contributed by atoms with E-state index >= 15 is 0 Å². The largest absolute Gasteiger partial charge is 0.489 e. The molecule has 2 aliphatic rings. The first-order valence-corrected chi connectivity index (χ1v) is 17.0. The lowest BCUT2D eigenvalue weighted by Gasteiger charge is -2.38. The maximum atomic E-state index is 12.7. The molecule has 3 heterocycles. The van der Waals surface area contributed by atoms with Crippen molar-refractivity contribution in [2.45, 2.75) is 98.1 Å². The van der Waals surface area contributed by atoms with Crippen LogP contribution < -0.4 is 30.9 Å². The van der Waals surface area contributed by atoms with Gasteiger partial charge in [-0.2, -0.15) is 4.98 Å². The van der Waals surface area contributed by atoms with E-state index in [-0.39, 0.29) is 35.8 Å². The van der Waals surface area contributed by atoms with Crippen LogP contribution >= 0.6 is 11.6 Å². The summed E-state index contributed by atoms with van der Waals surface area (Å²) in [6.07, 6.45) is 6.28. The highest BCUT2D eigenvalue weighted by atomic mass is 35.5. The van der Waals surface area contributed by atoms with Gasteiger partial charge >= 0.3 is 0 Å². The number of rotatable bonds is 13. The van der Waals surface area contributed by atoms with Crippen molar-refractivity contribution in [2.24, 2.45) is 11.8 Å². The second-order valence-corrected chi connectivity index (χ2v) is 13.6. The van der Waals surface area contributed by atoms with E-state index < -0.39 is 0 Å². The molecule has 11 heteroatoms. The summed E-state index contributed by atoms with van der Waals surface area (Å²) in [4.78, 5) is 36.9. The number of hydrogen-bond acceptors (Lipinski definition) is 8. The van der Waals surface area contributed by atoms with E-state index in [4.69, 9.17) is 21.3 Å². The number of hydrogen-bond donors (Lipinski definition) is 4. The molecular formula is C34H52ClN7O3. The van der Waals surface area contributed by atoms with Gasteiger partial charge in [-0.1, -0.05) is 18.5 Å². The Bertz CT molecular complexity index is 1300. The van der Waals surface area contributed by atoms with E-state index in [1.165, 1.54) is 11.1 Å². The molecule has 2 aliphatic heterocycles. The van der Waals surface area contributed by atoms with Crippen molar-refractivity contribution in [3.05, 3.63) is 34.5 Å². The molecule has 2 saturated heterocycles. The van der Waals surface area contributed by atoms with Crippen LogP contribution in [0.15, 0.2) is 18.3 Å². The number of halogens is 1. The molecule has 2 atom stereocenters. The standard InChI is InChI=1S/C34H52ClN7O3/c1-7-10-37-31(43)15-24-14-25(16-32(44)39-21(2)3)20-42(19-24)33-28(35)18-38-34(41-33)40-29-13-23(6)27(17-30(29)45-22(4)5)26-8-11-36-12-9-26/h13,17-18,21-22,24-26,36H,7-12,14-16,19-20H2,1-6H3,(H,37,43)(H,39,44)(H,38,40,41)/t24-,25+/m1/s1. The Kier molecular flexibility index (Phi) is 12.7. The van der Waals surface area contributed by atoms with E-state index in [0.717, 1.165) is 50.2 Å². The molecule has 0 aliphatic carbocycles. The predicted molar refractivity (Wildman–Crippen MR) is 182 cm³/mol. The fraction of sp³-hybridized carbons (Fsp3) is 0.647. The Morgan fingerprint density at radius 3 is 2.42 bits per heavy atom. The Balaban J connectivity index is 1.59. The molecule has 0 spiro atoms. The van der Waals surface area contributed by atoms with Crippen molar-refractivity contribution in [2.75, 3.05) is 42.9 Å². The molecule has 0 saturated carbocycles. The SMILES string of the molecule is CCCNC(=O)C[C@H]1C[C@@H](CC(=O)NC(C)C)CN(c2nc(Nc3cc(C)c(C4CCNCC4)cc3OC(C)C)ncc2Cl)C1. The molecule has 0 bridgehead atoms. The zero-order chi connectivity index (χ0) is 32.5. The third kappa shape index (κ3) is 10.2. The van der Waals surface area contributed by atoms with Gasteiger partial charge in [0.1, 0.15) is 10.8 Å². The summed E-state index contributed by atoms with van der Waals surface area (Å²) >= 11 is 6.73. The van der Waals surface area contributed by atoms with E-state index in [2.05, 4.69) is 50.2 Å². The minimum Gasteiger partial charge on any atom is -0.489 e. The van der Waals surface area contributed by atoms with E-state index in [0.29, 0.717) is 55.2 Å². The van der Waals surface area contributed by atoms with Crippen molar-refractivity contribution >= 4 is 40.9 Å². The normalized spacial score (nSPS) is 19.1. The fourth-order valence-electron chi connectivity index (χ4n) is 6.52. The molecule has 2 fully saturated rings. The summed E-state index contributed by atoms with van der Waals surface area (Å²) in [5.74, 6) is 2.45. The van der Waals surface area contributed by atoms with Crippen LogP contribution in [0.2, 0.25) is 5.02 Å². The number of aromatic nitrogens is 2. The predicted octanol–water partition coefficient (Wildman–Crippen LogP) is 5.71. The van der Waals surface area contributed by atoms with Gasteiger partial charge < -0.3 is 30.9 Å². The van der Waals surface area contributed by atoms with Crippen molar-refractivity contribution in [3.63, 3.8) is 0 Å².